The third kappa shape index (κ3) is 3.01. The minimum absolute atomic E-state index is 0.319. The van der Waals surface area contributed by atoms with Gasteiger partial charge in [-0.25, -0.2) is 4.79 Å². The zero-order valence-corrected chi connectivity index (χ0v) is 14.4. The third-order valence-electron chi connectivity index (χ3n) is 4.15. The van der Waals surface area contributed by atoms with E-state index in [-0.39, 0.29) is 5.97 Å². The molecule has 0 saturated heterocycles. The van der Waals surface area contributed by atoms with Gasteiger partial charge in [0.25, 0.3) is 0 Å². The van der Waals surface area contributed by atoms with E-state index in [2.05, 4.69) is 11.9 Å². The van der Waals surface area contributed by atoms with Crippen LogP contribution in [-0.4, -0.2) is 31.1 Å². The minimum Gasteiger partial charge on any atom is -0.463 e. The van der Waals surface area contributed by atoms with Crippen LogP contribution in [0.15, 0.2) is 22.1 Å². The fourth-order valence-corrected chi connectivity index (χ4v) is 3.24. The van der Waals surface area contributed by atoms with Crippen molar-refractivity contribution >= 4 is 34.6 Å². The number of benzene rings is 1. The molecule has 2 aromatic rings. The van der Waals surface area contributed by atoms with Crippen LogP contribution in [0.3, 0.4) is 0 Å². The zero-order valence-electron chi connectivity index (χ0n) is 13.6. The van der Waals surface area contributed by atoms with E-state index in [1.165, 1.54) is 0 Å². The van der Waals surface area contributed by atoms with Gasteiger partial charge in [-0.1, -0.05) is 11.6 Å². The Hall–Kier alpha value is -1.78. The number of carbonyl (C=O) groups is 1. The largest absolute Gasteiger partial charge is 0.463 e. The van der Waals surface area contributed by atoms with Gasteiger partial charge >= 0.3 is 5.97 Å². The maximum absolute atomic E-state index is 11.9. The van der Waals surface area contributed by atoms with E-state index in [0.717, 1.165) is 46.6 Å². The lowest BCUT2D eigenvalue weighted by Gasteiger charge is -2.13. The van der Waals surface area contributed by atoms with Gasteiger partial charge < -0.3 is 14.1 Å². The summed E-state index contributed by atoms with van der Waals surface area (Å²) < 4.78 is 11.0. The van der Waals surface area contributed by atoms with E-state index in [0.29, 0.717) is 17.9 Å². The number of rotatable bonds is 3. The Morgan fingerprint density at radius 2 is 2.22 bits per heavy atom. The third-order valence-corrected chi connectivity index (χ3v) is 4.51. The summed E-state index contributed by atoms with van der Waals surface area (Å²) in [6.45, 7) is 5.60. The average molecular weight is 334 g/mol. The monoisotopic (exact) mass is 333 g/mol. The van der Waals surface area contributed by atoms with Crippen molar-refractivity contribution in [3.63, 3.8) is 0 Å². The Labute approximate surface area is 140 Å². The van der Waals surface area contributed by atoms with E-state index in [4.69, 9.17) is 20.8 Å². The maximum Gasteiger partial charge on any atom is 0.333 e. The number of ether oxygens (including phenoxy) is 1. The number of likely N-dealkylation sites (N-methyl/N-ethyl adjacent to an activating group) is 1. The summed E-state index contributed by atoms with van der Waals surface area (Å²) in [6, 6.07) is 3.77. The van der Waals surface area contributed by atoms with E-state index in [9.17, 15) is 4.79 Å². The van der Waals surface area contributed by atoms with Gasteiger partial charge in [0.1, 0.15) is 11.3 Å². The highest BCUT2D eigenvalue weighted by molar-refractivity contribution is 6.32. The van der Waals surface area contributed by atoms with Crippen LogP contribution in [0, 0.1) is 0 Å². The number of carbonyl (C=O) groups excluding carboxylic acids is 1. The van der Waals surface area contributed by atoms with Crippen LogP contribution in [0.4, 0.5) is 0 Å². The summed E-state index contributed by atoms with van der Waals surface area (Å²) in [4.78, 5) is 14.1. The van der Waals surface area contributed by atoms with Gasteiger partial charge in [0.2, 0.25) is 0 Å². The molecule has 2 heterocycles. The number of halogens is 1. The van der Waals surface area contributed by atoms with Crippen molar-refractivity contribution in [1.29, 1.82) is 0 Å². The van der Waals surface area contributed by atoms with Crippen LogP contribution in [0.2, 0.25) is 5.02 Å². The summed E-state index contributed by atoms with van der Waals surface area (Å²) in [5.41, 5.74) is 3.56. The summed E-state index contributed by atoms with van der Waals surface area (Å²) in [7, 11) is 2.07. The quantitative estimate of drug-likeness (QED) is 0.628. The second-order valence-electron chi connectivity index (χ2n) is 5.88. The number of hydrogen-bond donors (Lipinski definition) is 0. The lowest BCUT2D eigenvalue weighted by atomic mass is 10.0. The molecular formula is C18H20ClNO3. The van der Waals surface area contributed by atoms with E-state index in [1.54, 1.807) is 19.9 Å². The molecule has 1 aliphatic rings. The summed E-state index contributed by atoms with van der Waals surface area (Å²) >= 11 is 6.39. The molecule has 3 rings (SSSR count). The molecule has 4 nitrogen and oxygen atoms in total. The first-order valence-corrected chi connectivity index (χ1v) is 8.15. The molecule has 0 unspecified atom stereocenters. The predicted molar refractivity (Wildman–Crippen MR) is 91.5 cm³/mol. The van der Waals surface area contributed by atoms with Crippen molar-refractivity contribution in [1.82, 2.24) is 4.90 Å². The van der Waals surface area contributed by atoms with Crippen molar-refractivity contribution in [2.24, 2.45) is 0 Å². The van der Waals surface area contributed by atoms with Gasteiger partial charge in [0, 0.05) is 34.6 Å². The Morgan fingerprint density at radius 1 is 1.43 bits per heavy atom. The van der Waals surface area contributed by atoms with E-state index in [1.807, 2.05) is 12.1 Å². The molecule has 0 fully saturated rings. The SMILES string of the molecule is CCOC(=O)/C(C)=C/c1oc2ccc(Cl)c3c2c1CN(C)CC3. The van der Waals surface area contributed by atoms with Gasteiger partial charge in [-0.3, -0.25) is 0 Å². The normalized spacial score (nSPS) is 15.7. The topological polar surface area (TPSA) is 42.7 Å². The molecule has 1 aliphatic heterocycles. The van der Waals surface area contributed by atoms with Gasteiger partial charge in [0.05, 0.1) is 6.61 Å². The van der Waals surface area contributed by atoms with Crippen LogP contribution in [0.1, 0.15) is 30.7 Å². The summed E-state index contributed by atoms with van der Waals surface area (Å²) in [6.07, 6.45) is 2.66. The van der Waals surface area contributed by atoms with Crippen LogP contribution >= 0.6 is 11.6 Å². The highest BCUT2D eigenvalue weighted by atomic mass is 35.5. The lowest BCUT2D eigenvalue weighted by Crippen LogP contribution is -2.18. The molecule has 0 aliphatic carbocycles. The van der Waals surface area contributed by atoms with Crippen molar-refractivity contribution in [3.8, 4) is 0 Å². The molecule has 1 aromatic carbocycles. The average Bonchev–Trinajstić information content (AvgIpc) is 2.73. The standard InChI is InChI=1S/C18H20ClNO3/c1-4-22-18(21)11(2)9-16-13-10-20(3)8-7-12-14(19)5-6-15(23-16)17(12)13/h5-6,9H,4,7-8,10H2,1-3H3/b11-9+. The molecule has 23 heavy (non-hydrogen) atoms. The maximum atomic E-state index is 11.9. The Kier molecular flexibility index (Phi) is 4.46. The fraction of sp³-hybridized carbons (Fsp3) is 0.389. The fourth-order valence-electron chi connectivity index (χ4n) is 2.99. The molecule has 122 valence electrons. The van der Waals surface area contributed by atoms with Gasteiger partial charge in [-0.2, -0.15) is 0 Å². The second-order valence-corrected chi connectivity index (χ2v) is 6.29. The first-order valence-electron chi connectivity index (χ1n) is 7.78. The van der Waals surface area contributed by atoms with Gasteiger partial charge in [-0.15, -0.1) is 0 Å². The minimum atomic E-state index is -0.319. The molecule has 0 radical (unpaired) electrons. The van der Waals surface area contributed by atoms with E-state index < -0.39 is 0 Å². The number of hydrogen-bond acceptors (Lipinski definition) is 4. The first kappa shape index (κ1) is 16.1. The van der Waals surface area contributed by atoms with Gasteiger partial charge in [0.15, 0.2) is 0 Å². The molecule has 0 amide bonds. The van der Waals surface area contributed by atoms with E-state index >= 15 is 0 Å². The van der Waals surface area contributed by atoms with Crippen LogP contribution in [-0.2, 0) is 22.5 Å². The zero-order chi connectivity index (χ0) is 16.6. The summed E-state index contributed by atoms with van der Waals surface area (Å²) in [5.74, 6) is 0.392. The molecule has 0 saturated carbocycles. The Balaban J connectivity index is 2.15. The number of esters is 1. The highest BCUT2D eigenvalue weighted by Crippen LogP contribution is 2.36. The van der Waals surface area contributed by atoms with Crippen molar-refractivity contribution in [2.45, 2.75) is 26.8 Å². The molecular weight excluding hydrogens is 314 g/mol. The molecule has 0 atom stereocenters. The van der Waals surface area contributed by atoms with Crippen LogP contribution in [0.5, 0.6) is 0 Å². The van der Waals surface area contributed by atoms with Crippen molar-refractivity contribution in [3.05, 3.63) is 39.6 Å². The second kappa shape index (κ2) is 6.38. The molecule has 0 bridgehead atoms. The molecule has 1 aromatic heterocycles. The molecule has 0 spiro atoms. The van der Waals surface area contributed by atoms with Crippen molar-refractivity contribution < 1.29 is 13.9 Å². The lowest BCUT2D eigenvalue weighted by molar-refractivity contribution is -0.138. The smallest absolute Gasteiger partial charge is 0.333 e. The Morgan fingerprint density at radius 3 is 2.96 bits per heavy atom. The number of nitrogens with zero attached hydrogens (tertiary/aromatic N) is 1. The predicted octanol–water partition coefficient (Wildman–Crippen LogP) is 4.04. The van der Waals surface area contributed by atoms with Crippen LogP contribution < -0.4 is 0 Å². The number of furan rings is 1. The molecule has 0 N–H and O–H groups in total. The summed E-state index contributed by atoms with van der Waals surface area (Å²) in [5, 5.41) is 1.86. The first-order chi connectivity index (χ1) is 11.0. The highest BCUT2D eigenvalue weighted by Gasteiger charge is 2.23. The Bertz CT molecular complexity index is 791. The van der Waals surface area contributed by atoms with Crippen molar-refractivity contribution in [2.75, 3.05) is 20.2 Å². The van der Waals surface area contributed by atoms with Crippen LogP contribution in [0.25, 0.3) is 17.0 Å². The van der Waals surface area contributed by atoms with Gasteiger partial charge in [-0.05, 0) is 51.1 Å². The molecule has 5 heteroatoms.